The Kier molecular flexibility index (Phi) is 9.14. The van der Waals surface area contributed by atoms with Crippen LogP contribution in [-0.4, -0.2) is 15.4 Å². The third kappa shape index (κ3) is 6.61. The lowest BCUT2D eigenvalue weighted by molar-refractivity contribution is 0.294. The van der Waals surface area contributed by atoms with Gasteiger partial charge in [-0.3, -0.25) is 0 Å². The molecule has 1 nitrogen and oxygen atoms in total. The summed E-state index contributed by atoms with van der Waals surface area (Å²) in [4.78, 5) is 0. The fourth-order valence-corrected chi connectivity index (χ4v) is 8.81. The third-order valence-corrected chi connectivity index (χ3v) is 10.9. The van der Waals surface area contributed by atoms with E-state index in [0.29, 0.717) is 25.0 Å². The van der Waals surface area contributed by atoms with Crippen LogP contribution in [0, 0.1) is 17.6 Å². The van der Waals surface area contributed by atoms with E-state index in [0.717, 1.165) is 17.9 Å². The molecular formula is C31H38F2OSi. The maximum absolute atomic E-state index is 14.4. The summed E-state index contributed by atoms with van der Waals surface area (Å²) in [6, 6.07) is 23.8. The van der Waals surface area contributed by atoms with Crippen molar-refractivity contribution >= 4 is 14.0 Å². The smallest absolute Gasteiger partial charge is 0.200 e. The number of ether oxygens (including phenoxy) is 1. The monoisotopic (exact) mass is 492 g/mol. The normalized spacial score (nSPS) is 17.9. The first-order valence-electron chi connectivity index (χ1n) is 13.4. The third-order valence-electron chi connectivity index (χ3n) is 7.48. The Bertz CT molecular complexity index is 1070. The largest absolute Gasteiger partial charge is 0.490 e. The summed E-state index contributed by atoms with van der Waals surface area (Å²) >= 11 is 0. The van der Waals surface area contributed by atoms with Crippen molar-refractivity contribution in [3.05, 3.63) is 83.4 Å². The quantitative estimate of drug-likeness (QED) is 0.262. The highest BCUT2D eigenvalue weighted by atomic mass is 28.3. The predicted octanol–water partition coefficient (Wildman–Crippen LogP) is 7.85. The van der Waals surface area contributed by atoms with Gasteiger partial charge in [0, 0.05) is 0 Å². The van der Waals surface area contributed by atoms with E-state index in [2.05, 4.69) is 55.5 Å². The molecule has 0 unspecified atom stereocenters. The molecule has 1 heterocycles. The van der Waals surface area contributed by atoms with Crippen molar-refractivity contribution in [3.63, 3.8) is 0 Å². The van der Waals surface area contributed by atoms with E-state index < -0.39 is 20.4 Å². The molecule has 4 rings (SSSR count). The predicted molar refractivity (Wildman–Crippen MR) is 145 cm³/mol. The van der Waals surface area contributed by atoms with Crippen LogP contribution in [0.15, 0.2) is 60.7 Å². The number of hydrogen-bond donors (Lipinski definition) is 0. The van der Waals surface area contributed by atoms with E-state index in [-0.39, 0.29) is 5.75 Å². The molecule has 35 heavy (non-hydrogen) atoms. The van der Waals surface area contributed by atoms with Gasteiger partial charge in [-0.25, -0.2) is 4.39 Å². The van der Waals surface area contributed by atoms with Crippen LogP contribution in [-0.2, 0) is 12.8 Å². The lowest BCUT2D eigenvalue weighted by atomic mass is 9.97. The highest BCUT2D eigenvalue weighted by Crippen LogP contribution is 2.29. The topological polar surface area (TPSA) is 9.23 Å². The Balaban J connectivity index is 1.33. The zero-order chi connectivity index (χ0) is 24.6. The van der Waals surface area contributed by atoms with Crippen molar-refractivity contribution in [2.45, 2.75) is 70.9 Å². The van der Waals surface area contributed by atoms with Gasteiger partial charge in [0.05, 0.1) is 15.4 Å². The molecule has 0 radical (unpaired) electrons. The van der Waals surface area contributed by atoms with Crippen molar-refractivity contribution in [1.82, 2.24) is 0 Å². The first-order chi connectivity index (χ1) is 17.1. The van der Waals surface area contributed by atoms with Gasteiger partial charge in [-0.1, -0.05) is 111 Å². The molecule has 1 aliphatic heterocycles. The molecule has 1 saturated heterocycles. The highest BCUT2D eigenvalue weighted by Gasteiger charge is 2.23. The van der Waals surface area contributed by atoms with Gasteiger partial charge in [0.2, 0.25) is 5.82 Å². The number of benzene rings is 3. The summed E-state index contributed by atoms with van der Waals surface area (Å²) in [5, 5.41) is 1.61. The maximum atomic E-state index is 14.4. The molecule has 0 amide bonds. The van der Waals surface area contributed by atoms with Crippen molar-refractivity contribution in [2.24, 2.45) is 5.92 Å². The molecule has 0 spiro atoms. The first-order valence-corrected chi connectivity index (χ1v) is 15.6. The van der Waals surface area contributed by atoms with Crippen LogP contribution < -0.4 is 9.92 Å². The molecule has 0 bridgehead atoms. The lowest BCUT2D eigenvalue weighted by Crippen LogP contribution is -2.33. The average Bonchev–Trinajstić information content (AvgIpc) is 2.90. The SMILES string of the molecule is CCCOc1ccc(CCc2ccc(-c3ccc([SiH]4CCC(CCC)CC4)cc3)cc2)c(F)c1F. The molecule has 0 aromatic heterocycles. The van der Waals surface area contributed by atoms with Gasteiger partial charge in [0.15, 0.2) is 11.6 Å². The molecule has 0 atom stereocenters. The van der Waals surface area contributed by atoms with E-state index in [1.54, 1.807) is 11.3 Å². The first kappa shape index (κ1) is 25.6. The molecule has 4 heteroatoms. The van der Waals surface area contributed by atoms with Crippen LogP contribution in [0.5, 0.6) is 5.75 Å². The molecule has 1 aliphatic rings. The minimum absolute atomic E-state index is 0.00434. The Morgan fingerprint density at radius 1 is 0.771 bits per heavy atom. The lowest BCUT2D eigenvalue weighted by Gasteiger charge is -2.27. The summed E-state index contributed by atoms with van der Waals surface area (Å²) < 4.78 is 34.0. The van der Waals surface area contributed by atoms with Crippen molar-refractivity contribution in [3.8, 4) is 16.9 Å². The minimum Gasteiger partial charge on any atom is -0.490 e. The van der Waals surface area contributed by atoms with E-state index >= 15 is 0 Å². The molecule has 0 N–H and O–H groups in total. The minimum atomic E-state index is -0.883. The number of rotatable bonds is 10. The summed E-state index contributed by atoms with van der Waals surface area (Å²) in [6.45, 7) is 4.62. The Morgan fingerprint density at radius 2 is 1.43 bits per heavy atom. The summed E-state index contributed by atoms with van der Waals surface area (Å²) in [5.41, 5.74) is 3.94. The van der Waals surface area contributed by atoms with Gasteiger partial charge in [-0.2, -0.15) is 4.39 Å². The second kappa shape index (κ2) is 12.5. The number of hydrogen-bond acceptors (Lipinski definition) is 1. The van der Waals surface area contributed by atoms with Crippen LogP contribution in [0.4, 0.5) is 8.78 Å². The second-order valence-electron chi connectivity index (χ2n) is 10.0. The molecule has 0 aliphatic carbocycles. The molecule has 3 aromatic carbocycles. The van der Waals surface area contributed by atoms with E-state index in [4.69, 9.17) is 4.74 Å². The Hall–Kier alpha value is -2.46. The maximum Gasteiger partial charge on any atom is 0.200 e. The summed E-state index contributed by atoms with van der Waals surface area (Å²) in [6.07, 6.45) is 7.46. The summed E-state index contributed by atoms with van der Waals surface area (Å²) in [5.74, 6) is -0.712. The van der Waals surface area contributed by atoms with Crippen LogP contribution in [0.1, 0.15) is 57.1 Å². The van der Waals surface area contributed by atoms with Gasteiger partial charge in [-0.05, 0) is 53.5 Å². The Labute approximate surface area is 211 Å². The highest BCUT2D eigenvalue weighted by molar-refractivity contribution is 6.73. The molecule has 186 valence electrons. The summed E-state index contributed by atoms with van der Waals surface area (Å²) in [7, 11) is -0.793. The van der Waals surface area contributed by atoms with E-state index in [9.17, 15) is 8.78 Å². The van der Waals surface area contributed by atoms with Crippen molar-refractivity contribution in [1.29, 1.82) is 0 Å². The van der Waals surface area contributed by atoms with Crippen LogP contribution in [0.3, 0.4) is 0 Å². The van der Waals surface area contributed by atoms with Gasteiger partial charge < -0.3 is 4.74 Å². The van der Waals surface area contributed by atoms with Crippen LogP contribution >= 0.6 is 0 Å². The fourth-order valence-electron chi connectivity index (χ4n) is 5.37. The molecule has 0 saturated carbocycles. The van der Waals surface area contributed by atoms with Gasteiger partial charge >= 0.3 is 0 Å². The molecular weight excluding hydrogens is 454 g/mol. The number of halogens is 2. The van der Waals surface area contributed by atoms with Crippen LogP contribution in [0.25, 0.3) is 11.1 Å². The zero-order valence-electron chi connectivity index (χ0n) is 21.2. The van der Waals surface area contributed by atoms with Gasteiger partial charge in [0.25, 0.3) is 0 Å². The average molecular weight is 493 g/mol. The molecule has 1 fully saturated rings. The van der Waals surface area contributed by atoms with E-state index in [1.807, 2.05) is 6.92 Å². The standard InChI is InChI=1S/C31H38F2OSi/c1-3-5-23-18-21-35(22-19-23)28-15-12-26(13-16-28)25-9-6-24(7-10-25)8-11-27-14-17-29(34-20-4-2)31(33)30(27)32/h6-7,9-10,12-17,23,35H,3-5,8,11,18-22H2,1-2H3. The van der Waals surface area contributed by atoms with Crippen molar-refractivity contribution < 1.29 is 13.5 Å². The second-order valence-corrected chi connectivity index (χ2v) is 13.2. The van der Waals surface area contributed by atoms with Crippen molar-refractivity contribution in [2.75, 3.05) is 6.61 Å². The van der Waals surface area contributed by atoms with E-state index in [1.165, 1.54) is 55.0 Å². The van der Waals surface area contributed by atoms with Gasteiger partial charge in [-0.15, -0.1) is 0 Å². The zero-order valence-corrected chi connectivity index (χ0v) is 22.3. The number of aryl methyl sites for hydroxylation is 2. The fraction of sp³-hybridized carbons (Fsp3) is 0.419. The van der Waals surface area contributed by atoms with Crippen LogP contribution in [0.2, 0.25) is 12.1 Å². The Morgan fingerprint density at radius 3 is 2.06 bits per heavy atom. The molecule has 3 aromatic rings. The van der Waals surface area contributed by atoms with Gasteiger partial charge in [0.1, 0.15) is 0 Å².